The summed E-state index contributed by atoms with van der Waals surface area (Å²) < 4.78 is 6.80. The molecular formula is C23H20N4O3S2. The smallest absolute Gasteiger partial charge is 0.339 e. The van der Waals surface area contributed by atoms with E-state index in [-0.39, 0.29) is 11.7 Å². The quantitative estimate of drug-likeness (QED) is 0.304. The molecule has 0 radical (unpaired) electrons. The van der Waals surface area contributed by atoms with Gasteiger partial charge in [0.15, 0.2) is 11.0 Å². The molecule has 4 aromatic rings. The molecule has 4 rings (SSSR count). The van der Waals surface area contributed by atoms with Crippen molar-refractivity contribution in [1.82, 2.24) is 14.8 Å². The van der Waals surface area contributed by atoms with E-state index in [1.165, 1.54) is 18.9 Å². The lowest BCUT2D eigenvalue weighted by Gasteiger charge is -2.11. The summed E-state index contributed by atoms with van der Waals surface area (Å²) in [7, 11) is 1.31. The molecule has 0 spiro atoms. The summed E-state index contributed by atoms with van der Waals surface area (Å²) in [5.74, 6) is 0.130. The fourth-order valence-corrected chi connectivity index (χ4v) is 4.54. The van der Waals surface area contributed by atoms with Crippen molar-refractivity contribution >= 4 is 40.7 Å². The molecule has 9 heteroatoms. The number of aromatic nitrogens is 3. The summed E-state index contributed by atoms with van der Waals surface area (Å²) in [5, 5.41) is 14.1. The number of nitrogens with zero attached hydrogens (tertiary/aromatic N) is 3. The summed E-state index contributed by atoms with van der Waals surface area (Å²) in [4.78, 5) is 25.6. The molecule has 32 heavy (non-hydrogen) atoms. The van der Waals surface area contributed by atoms with E-state index < -0.39 is 5.97 Å². The third-order valence-corrected chi connectivity index (χ3v) is 6.41. The van der Waals surface area contributed by atoms with Crippen molar-refractivity contribution in [2.75, 3.05) is 18.2 Å². The van der Waals surface area contributed by atoms with Crippen molar-refractivity contribution in [1.29, 1.82) is 0 Å². The number of esters is 1. The van der Waals surface area contributed by atoms with Crippen LogP contribution in [0.1, 0.15) is 15.9 Å². The van der Waals surface area contributed by atoms with Gasteiger partial charge in [-0.3, -0.25) is 9.36 Å². The summed E-state index contributed by atoms with van der Waals surface area (Å²) in [6, 6.07) is 20.8. The topological polar surface area (TPSA) is 86.1 Å². The molecule has 0 atom stereocenters. The fraction of sp³-hybridized carbons (Fsp3) is 0.130. The van der Waals surface area contributed by atoms with E-state index in [2.05, 4.69) is 15.5 Å². The lowest BCUT2D eigenvalue weighted by Crippen LogP contribution is -2.17. The Labute approximate surface area is 193 Å². The Morgan fingerprint density at radius 2 is 1.81 bits per heavy atom. The number of hydrogen-bond donors (Lipinski definition) is 1. The van der Waals surface area contributed by atoms with Crippen molar-refractivity contribution < 1.29 is 14.3 Å². The Morgan fingerprint density at radius 1 is 1.03 bits per heavy atom. The zero-order valence-corrected chi connectivity index (χ0v) is 18.9. The van der Waals surface area contributed by atoms with Crippen LogP contribution in [0.3, 0.4) is 0 Å². The first-order valence-electron chi connectivity index (χ1n) is 9.76. The lowest BCUT2D eigenvalue weighted by atomic mass is 10.2. The Bertz CT molecular complexity index is 1210. The third kappa shape index (κ3) is 5.06. The first-order valence-corrected chi connectivity index (χ1v) is 11.6. The molecule has 0 fully saturated rings. The molecule has 2 heterocycles. The van der Waals surface area contributed by atoms with Crippen LogP contribution in [-0.2, 0) is 16.1 Å². The molecule has 0 saturated heterocycles. The normalized spacial score (nSPS) is 10.7. The van der Waals surface area contributed by atoms with Crippen LogP contribution in [0, 0.1) is 0 Å². The third-order valence-electron chi connectivity index (χ3n) is 4.58. The van der Waals surface area contributed by atoms with Gasteiger partial charge in [-0.05, 0) is 29.1 Å². The van der Waals surface area contributed by atoms with Crippen LogP contribution in [0.25, 0.3) is 10.7 Å². The van der Waals surface area contributed by atoms with Crippen molar-refractivity contribution in [2.24, 2.45) is 0 Å². The summed E-state index contributed by atoms with van der Waals surface area (Å²) in [6.07, 6.45) is 0. The van der Waals surface area contributed by atoms with Crippen molar-refractivity contribution in [3.8, 4) is 10.7 Å². The average Bonchev–Trinajstić information content (AvgIpc) is 3.48. The summed E-state index contributed by atoms with van der Waals surface area (Å²) in [5.41, 5.74) is 1.83. The molecule has 162 valence electrons. The number of hydrogen-bond acceptors (Lipinski definition) is 7. The van der Waals surface area contributed by atoms with Gasteiger partial charge in [-0.25, -0.2) is 4.79 Å². The van der Waals surface area contributed by atoms with E-state index in [1.807, 2.05) is 52.4 Å². The molecule has 2 aromatic carbocycles. The van der Waals surface area contributed by atoms with Gasteiger partial charge in [0.25, 0.3) is 0 Å². The summed E-state index contributed by atoms with van der Waals surface area (Å²) in [6.45, 7) is 0.593. The van der Waals surface area contributed by atoms with Crippen LogP contribution in [0.15, 0.2) is 77.3 Å². The predicted octanol–water partition coefficient (Wildman–Crippen LogP) is 4.57. The number of benzene rings is 2. The number of thiophene rings is 1. The van der Waals surface area contributed by atoms with Gasteiger partial charge in [-0.15, -0.1) is 21.5 Å². The number of nitrogens with one attached hydrogen (secondary N) is 1. The molecule has 1 amide bonds. The van der Waals surface area contributed by atoms with Gasteiger partial charge in [0.1, 0.15) is 0 Å². The maximum absolute atomic E-state index is 12.6. The second-order valence-electron chi connectivity index (χ2n) is 6.73. The zero-order chi connectivity index (χ0) is 22.3. The highest BCUT2D eigenvalue weighted by Gasteiger charge is 2.18. The van der Waals surface area contributed by atoms with E-state index in [1.54, 1.807) is 35.6 Å². The van der Waals surface area contributed by atoms with Crippen molar-refractivity contribution in [3.05, 3.63) is 83.2 Å². The van der Waals surface area contributed by atoms with Crippen molar-refractivity contribution in [2.45, 2.75) is 11.7 Å². The summed E-state index contributed by atoms with van der Waals surface area (Å²) >= 11 is 2.89. The number of anilines is 1. The molecular weight excluding hydrogens is 444 g/mol. The molecule has 0 aliphatic rings. The SMILES string of the molecule is COC(=O)c1ccccc1NC(=O)CSc1nnc(-c2cccs2)n1Cc1ccccc1. The first-order chi connectivity index (χ1) is 15.7. The monoisotopic (exact) mass is 464 g/mol. The molecule has 2 aromatic heterocycles. The van der Waals surface area contributed by atoms with Gasteiger partial charge in [-0.1, -0.05) is 60.3 Å². The highest BCUT2D eigenvalue weighted by molar-refractivity contribution is 7.99. The van der Waals surface area contributed by atoms with Crippen LogP contribution in [0.2, 0.25) is 0 Å². The molecule has 0 bridgehead atoms. The number of para-hydroxylation sites is 1. The second-order valence-corrected chi connectivity index (χ2v) is 8.62. The molecule has 0 saturated carbocycles. The molecule has 0 aliphatic heterocycles. The number of rotatable bonds is 8. The molecule has 7 nitrogen and oxygen atoms in total. The average molecular weight is 465 g/mol. The Hall–Kier alpha value is -3.43. The number of ether oxygens (including phenoxy) is 1. The Morgan fingerprint density at radius 3 is 2.56 bits per heavy atom. The molecule has 0 unspecified atom stereocenters. The maximum atomic E-state index is 12.6. The maximum Gasteiger partial charge on any atom is 0.339 e. The van der Waals surface area contributed by atoms with Crippen LogP contribution in [0.4, 0.5) is 5.69 Å². The van der Waals surface area contributed by atoms with Crippen LogP contribution in [0.5, 0.6) is 0 Å². The number of carbonyl (C=O) groups is 2. The number of amides is 1. The van der Waals surface area contributed by atoms with Gasteiger partial charge in [0.05, 0.1) is 35.5 Å². The molecule has 0 aliphatic carbocycles. The van der Waals surface area contributed by atoms with Crippen LogP contribution < -0.4 is 5.32 Å². The Kier molecular flexibility index (Phi) is 6.98. The van der Waals surface area contributed by atoms with E-state index >= 15 is 0 Å². The van der Waals surface area contributed by atoms with Gasteiger partial charge >= 0.3 is 5.97 Å². The minimum atomic E-state index is -0.503. The Balaban J connectivity index is 1.51. The van der Waals surface area contributed by atoms with Gasteiger partial charge in [-0.2, -0.15) is 0 Å². The highest BCUT2D eigenvalue weighted by Crippen LogP contribution is 2.28. The number of methoxy groups -OCH3 is 1. The van der Waals surface area contributed by atoms with Gasteiger partial charge in [0, 0.05) is 0 Å². The second kappa shape index (κ2) is 10.3. The van der Waals surface area contributed by atoms with Gasteiger partial charge < -0.3 is 10.1 Å². The number of carbonyl (C=O) groups excluding carboxylic acids is 2. The minimum absolute atomic E-state index is 0.118. The highest BCUT2D eigenvalue weighted by atomic mass is 32.2. The van der Waals surface area contributed by atoms with Crippen LogP contribution >= 0.6 is 23.1 Å². The predicted molar refractivity (Wildman–Crippen MR) is 126 cm³/mol. The van der Waals surface area contributed by atoms with Crippen LogP contribution in [-0.4, -0.2) is 39.5 Å². The number of thioether (sulfide) groups is 1. The fourth-order valence-electron chi connectivity index (χ4n) is 3.09. The zero-order valence-electron chi connectivity index (χ0n) is 17.2. The largest absolute Gasteiger partial charge is 0.465 e. The standard InChI is InChI=1S/C23H20N4O3S2/c1-30-22(29)17-10-5-6-11-18(17)24-20(28)15-32-23-26-25-21(19-12-7-13-31-19)27(23)14-16-8-3-2-4-9-16/h2-13H,14-15H2,1H3,(H,24,28). The van der Waals surface area contributed by atoms with E-state index in [0.717, 1.165) is 16.3 Å². The van der Waals surface area contributed by atoms with Crippen molar-refractivity contribution in [3.63, 3.8) is 0 Å². The lowest BCUT2D eigenvalue weighted by molar-refractivity contribution is -0.113. The van der Waals surface area contributed by atoms with E-state index in [9.17, 15) is 9.59 Å². The minimum Gasteiger partial charge on any atom is -0.465 e. The van der Waals surface area contributed by atoms with Gasteiger partial charge in [0.2, 0.25) is 5.91 Å². The van der Waals surface area contributed by atoms with E-state index in [4.69, 9.17) is 4.74 Å². The van der Waals surface area contributed by atoms with E-state index in [0.29, 0.717) is 23.0 Å². The first kappa shape index (κ1) is 21.8. The molecule has 1 N–H and O–H groups in total.